The summed E-state index contributed by atoms with van der Waals surface area (Å²) in [6, 6.07) is 3.64. The van der Waals surface area contributed by atoms with Gasteiger partial charge in [0, 0.05) is 18.4 Å². The van der Waals surface area contributed by atoms with Crippen molar-refractivity contribution in [3.8, 4) is 12.1 Å². The highest BCUT2D eigenvalue weighted by molar-refractivity contribution is 8.04. The first-order valence-electron chi connectivity index (χ1n) is 7.37. The summed E-state index contributed by atoms with van der Waals surface area (Å²) in [6.45, 7) is 1.97. The number of amides is 2. The molecule has 1 aromatic heterocycles. The third-order valence-corrected chi connectivity index (χ3v) is 4.84. The second-order valence-electron chi connectivity index (χ2n) is 4.94. The number of thioether (sulfide) groups is 1. The van der Waals surface area contributed by atoms with E-state index >= 15 is 0 Å². The number of carbonyl (C=O) groups excluding carboxylic acids is 2. The molecule has 0 radical (unpaired) electrons. The van der Waals surface area contributed by atoms with Crippen molar-refractivity contribution in [1.29, 1.82) is 10.5 Å². The highest BCUT2D eigenvalue weighted by Gasteiger charge is 2.38. The Kier molecular flexibility index (Phi) is 5.99. The van der Waals surface area contributed by atoms with Gasteiger partial charge in [0.25, 0.3) is 5.91 Å². The molecule has 124 valence electrons. The molecular weight excluding hydrogens is 328 g/mol. The fourth-order valence-electron chi connectivity index (χ4n) is 2.31. The fourth-order valence-corrected chi connectivity index (χ4v) is 3.65. The van der Waals surface area contributed by atoms with E-state index in [2.05, 4.69) is 15.3 Å². The van der Waals surface area contributed by atoms with E-state index in [0.29, 0.717) is 24.4 Å². The quantitative estimate of drug-likeness (QED) is 0.444. The van der Waals surface area contributed by atoms with Gasteiger partial charge in [-0.25, -0.2) is 4.98 Å². The smallest absolute Gasteiger partial charge is 0.265 e. The van der Waals surface area contributed by atoms with E-state index in [1.807, 2.05) is 6.07 Å². The minimum Gasteiger partial charge on any atom is -0.348 e. The monoisotopic (exact) mass is 344 g/mol. The summed E-state index contributed by atoms with van der Waals surface area (Å²) in [7, 11) is 0. The van der Waals surface area contributed by atoms with Crippen molar-refractivity contribution in [3.63, 3.8) is 0 Å². The number of hydrogen-bond acceptors (Lipinski definition) is 6. The lowest BCUT2D eigenvalue weighted by Crippen LogP contribution is -2.31. The largest absolute Gasteiger partial charge is 0.348 e. The minimum absolute atomic E-state index is 0.113. The van der Waals surface area contributed by atoms with E-state index in [9.17, 15) is 14.9 Å². The van der Waals surface area contributed by atoms with E-state index in [4.69, 9.17) is 5.26 Å². The van der Waals surface area contributed by atoms with Gasteiger partial charge >= 0.3 is 0 Å². The van der Waals surface area contributed by atoms with E-state index in [1.165, 1.54) is 16.7 Å². The third-order valence-electron chi connectivity index (χ3n) is 3.47. The average Bonchev–Trinajstić information content (AvgIpc) is 3.20. The molecule has 2 heterocycles. The molecule has 2 rings (SSSR count). The van der Waals surface area contributed by atoms with Crippen LogP contribution in [0.25, 0.3) is 0 Å². The Morgan fingerprint density at radius 3 is 2.92 bits per heavy atom. The first-order chi connectivity index (χ1) is 11.6. The Morgan fingerprint density at radius 2 is 2.33 bits per heavy atom. The molecule has 9 heteroatoms. The number of nitrogens with zero attached hydrogens (tertiary/aromatic N) is 4. The van der Waals surface area contributed by atoms with Gasteiger partial charge in [-0.3, -0.25) is 9.59 Å². The van der Waals surface area contributed by atoms with Gasteiger partial charge in [0.1, 0.15) is 23.2 Å². The molecule has 1 aromatic rings. The highest BCUT2D eigenvalue weighted by atomic mass is 32.2. The molecule has 0 aromatic carbocycles. The second-order valence-corrected chi connectivity index (χ2v) is 6.13. The van der Waals surface area contributed by atoms with Crippen LogP contribution in [0.5, 0.6) is 0 Å². The van der Waals surface area contributed by atoms with Crippen LogP contribution < -0.4 is 5.32 Å². The van der Waals surface area contributed by atoms with E-state index in [0.717, 1.165) is 5.69 Å². The summed E-state index contributed by atoms with van der Waals surface area (Å²) in [5.41, 5.74) is 0.797. The number of H-pyrrole nitrogens is 1. The number of carbonyl (C=O) groups is 2. The van der Waals surface area contributed by atoms with Gasteiger partial charge in [0.05, 0.1) is 17.6 Å². The van der Waals surface area contributed by atoms with Crippen LogP contribution in [0.1, 0.15) is 19.0 Å². The van der Waals surface area contributed by atoms with Gasteiger partial charge in [-0.2, -0.15) is 10.5 Å². The number of hydrogen-bond donors (Lipinski definition) is 2. The predicted molar refractivity (Wildman–Crippen MR) is 86.9 cm³/mol. The number of imidazole rings is 1. The van der Waals surface area contributed by atoms with Crippen LogP contribution in [0.3, 0.4) is 0 Å². The van der Waals surface area contributed by atoms with Crippen LogP contribution >= 0.6 is 11.8 Å². The number of aryl methyl sites for hydroxylation is 1. The van der Waals surface area contributed by atoms with Crippen molar-refractivity contribution in [3.05, 3.63) is 28.8 Å². The molecule has 0 spiro atoms. The van der Waals surface area contributed by atoms with Gasteiger partial charge in [-0.05, 0) is 19.8 Å². The van der Waals surface area contributed by atoms with Crippen molar-refractivity contribution < 1.29 is 9.59 Å². The third kappa shape index (κ3) is 3.76. The van der Waals surface area contributed by atoms with Crippen molar-refractivity contribution >= 4 is 23.6 Å². The van der Waals surface area contributed by atoms with Crippen LogP contribution in [0, 0.1) is 22.7 Å². The van der Waals surface area contributed by atoms with Crippen LogP contribution in [-0.2, 0) is 16.0 Å². The lowest BCUT2D eigenvalue weighted by Gasteiger charge is -2.15. The Balaban J connectivity index is 2.18. The summed E-state index contributed by atoms with van der Waals surface area (Å²) in [5.74, 6) is -0.750. The highest BCUT2D eigenvalue weighted by Crippen LogP contribution is 2.39. The maximum atomic E-state index is 12.5. The van der Waals surface area contributed by atoms with Crippen molar-refractivity contribution in [1.82, 2.24) is 20.2 Å². The summed E-state index contributed by atoms with van der Waals surface area (Å²) in [4.78, 5) is 32.9. The summed E-state index contributed by atoms with van der Waals surface area (Å²) in [5, 5.41) is 20.2. The molecule has 2 amide bonds. The van der Waals surface area contributed by atoms with Crippen LogP contribution in [0.4, 0.5) is 0 Å². The van der Waals surface area contributed by atoms with Gasteiger partial charge in [0.2, 0.25) is 5.91 Å². The lowest BCUT2D eigenvalue weighted by molar-refractivity contribution is -0.127. The van der Waals surface area contributed by atoms with E-state index in [-0.39, 0.29) is 23.3 Å². The normalized spacial score (nSPS) is 18.9. The maximum absolute atomic E-state index is 12.5. The molecular formula is C15H16N6O2S. The number of aromatic amines is 1. The SMILES string of the molecule is CCN1C(=O)C(CCc2cnc[nH]2)SC1=C(C#N)C(=O)NCC#N. The Hall–Kier alpha value is -2.78. The molecule has 1 aliphatic heterocycles. The van der Waals surface area contributed by atoms with Gasteiger partial charge in [-0.1, -0.05) is 11.8 Å². The summed E-state index contributed by atoms with van der Waals surface area (Å²) >= 11 is 1.22. The van der Waals surface area contributed by atoms with Gasteiger partial charge < -0.3 is 15.2 Å². The van der Waals surface area contributed by atoms with E-state index < -0.39 is 5.91 Å². The van der Waals surface area contributed by atoms with Gasteiger partial charge in [-0.15, -0.1) is 0 Å². The fraction of sp³-hybridized carbons (Fsp3) is 0.400. The Bertz CT molecular complexity index is 728. The van der Waals surface area contributed by atoms with Crippen LogP contribution in [0.15, 0.2) is 23.1 Å². The van der Waals surface area contributed by atoms with Crippen LogP contribution in [-0.4, -0.2) is 45.0 Å². The molecule has 8 nitrogen and oxygen atoms in total. The topological polar surface area (TPSA) is 126 Å². The number of aromatic nitrogens is 2. The molecule has 2 N–H and O–H groups in total. The van der Waals surface area contributed by atoms with Crippen molar-refractivity contribution in [2.24, 2.45) is 0 Å². The standard InChI is InChI=1S/C15H16N6O2S/c1-2-21-14(23)12(4-3-10-8-18-9-20-10)24-15(21)11(7-17)13(22)19-6-5-16/h8-9,12H,2-4,6H2,1H3,(H,18,20)(H,19,22). The molecule has 1 fully saturated rings. The molecule has 1 aliphatic rings. The Morgan fingerprint density at radius 1 is 1.54 bits per heavy atom. The Labute approximate surface area is 143 Å². The molecule has 0 aliphatic carbocycles. The van der Waals surface area contributed by atoms with Crippen molar-refractivity contribution in [2.45, 2.75) is 25.0 Å². The summed E-state index contributed by atoms with van der Waals surface area (Å²) < 4.78 is 0. The molecule has 1 unspecified atom stereocenters. The molecule has 1 atom stereocenters. The van der Waals surface area contributed by atoms with E-state index in [1.54, 1.807) is 25.5 Å². The molecule has 24 heavy (non-hydrogen) atoms. The number of nitriles is 2. The molecule has 1 saturated heterocycles. The number of rotatable bonds is 6. The summed E-state index contributed by atoms with van der Waals surface area (Å²) in [6.07, 6.45) is 4.51. The molecule has 0 saturated carbocycles. The maximum Gasteiger partial charge on any atom is 0.265 e. The lowest BCUT2D eigenvalue weighted by atomic mass is 10.2. The first kappa shape index (κ1) is 17.6. The molecule has 0 bridgehead atoms. The van der Waals surface area contributed by atoms with Gasteiger partial charge in [0.15, 0.2) is 0 Å². The average molecular weight is 344 g/mol. The zero-order valence-electron chi connectivity index (χ0n) is 13.1. The zero-order valence-corrected chi connectivity index (χ0v) is 13.9. The predicted octanol–water partition coefficient (Wildman–Crippen LogP) is 0.681. The van der Waals surface area contributed by atoms with Crippen LogP contribution in [0.2, 0.25) is 0 Å². The number of nitrogens with one attached hydrogen (secondary N) is 2. The zero-order chi connectivity index (χ0) is 17.5. The minimum atomic E-state index is -0.637. The van der Waals surface area contributed by atoms with Crippen molar-refractivity contribution in [2.75, 3.05) is 13.1 Å². The first-order valence-corrected chi connectivity index (χ1v) is 8.25. The second kappa shape index (κ2) is 8.18.